The Morgan fingerprint density at radius 2 is 2.33 bits per heavy atom. The Morgan fingerprint density at radius 1 is 1.83 bits per heavy atom. The maximum Gasteiger partial charge on any atom is 0.211 e. The highest BCUT2D eigenvalue weighted by molar-refractivity contribution is 5.90. The van der Waals surface area contributed by atoms with E-state index in [2.05, 4.69) is 5.10 Å². The molecule has 0 saturated carbocycles. The summed E-state index contributed by atoms with van der Waals surface area (Å²) in [6.07, 6.45) is 0. The molecule has 0 bridgehead atoms. The van der Waals surface area contributed by atoms with Crippen LogP contribution in [-0.4, -0.2) is 27.5 Å². The van der Waals surface area contributed by atoms with E-state index in [-0.39, 0.29) is 11.9 Å². The standard InChI is InChI=1S/C7H14N4O/c1-4-5(2)10-11(6(8)9)7(4,3)12/h4,12H,1-3H3,(H3,8,9)/t4-,7-/m1/s1. The lowest BCUT2D eigenvalue weighted by molar-refractivity contribution is -0.0618. The lowest BCUT2D eigenvalue weighted by atomic mass is 9.96. The summed E-state index contributed by atoms with van der Waals surface area (Å²) in [5.74, 6) is -0.329. The highest BCUT2D eigenvalue weighted by Crippen LogP contribution is 2.29. The number of hydrogen-bond donors (Lipinski definition) is 3. The quantitative estimate of drug-likeness (QED) is 0.351. The first-order valence-corrected chi connectivity index (χ1v) is 3.79. The van der Waals surface area contributed by atoms with Crippen LogP contribution in [-0.2, 0) is 0 Å². The van der Waals surface area contributed by atoms with Crippen molar-refractivity contribution in [2.45, 2.75) is 26.5 Å². The molecule has 1 aliphatic rings. The first-order valence-electron chi connectivity index (χ1n) is 3.79. The monoisotopic (exact) mass is 170 g/mol. The lowest BCUT2D eigenvalue weighted by Crippen LogP contribution is -2.49. The molecule has 0 unspecified atom stereocenters. The van der Waals surface area contributed by atoms with Gasteiger partial charge in [0.25, 0.3) is 0 Å². The zero-order valence-electron chi connectivity index (χ0n) is 7.50. The Morgan fingerprint density at radius 3 is 2.50 bits per heavy atom. The van der Waals surface area contributed by atoms with E-state index in [1.54, 1.807) is 6.92 Å². The molecule has 0 aromatic rings. The minimum Gasteiger partial charge on any atom is -0.369 e. The van der Waals surface area contributed by atoms with Crippen LogP contribution >= 0.6 is 0 Å². The molecule has 0 aromatic carbocycles. The summed E-state index contributed by atoms with van der Waals surface area (Å²) in [7, 11) is 0. The lowest BCUT2D eigenvalue weighted by Gasteiger charge is -2.30. The number of guanidine groups is 1. The van der Waals surface area contributed by atoms with Gasteiger partial charge in [-0.25, -0.2) is 5.01 Å². The molecular formula is C7H14N4O. The van der Waals surface area contributed by atoms with Crippen molar-refractivity contribution < 1.29 is 5.11 Å². The number of hydrazone groups is 1. The average Bonchev–Trinajstić information content (AvgIpc) is 2.13. The van der Waals surface area contributed by atoms with Gasteiger partial charge in [-0.3, -0.25) is 5.41 Å². The number of nitrogens with two attached hydrogens (primary N) is 1. The summed E-state index contributed by atoms with van der Waals surface area (Å²) in [5.41, 5.74) is 4.87. The SMILES string of the molecule is CC1=NN(C(=N)N)[C@](C)(O)[C@@H]1C. The first kappa shape index (κ1) is 8.99. The molecule has 1 heterocycles. The molecule has 0 fully saturated rings. The number of aliphatic hydroxyl groups is 1. The van der Waals surface area contributed by atoms with Crippen molar-refractivity contribution in [3.63, 3.8) is 0 Å². The molecule has 12 heavy (non-hydrogen) atoms. The summed E-state index contributed by atoms with van der Waals surface area (Å²) in [6.45, 7) is 5.25. The zero-order valence-corrected chi connectivity index (χ0v) is 7.50. The van der Waals surface area contributed by atoms with E-state index >= 15 is 0 Å². The van der Waals surface area contributed by atoms with Crippen LogP contribution in [0.3, 0.4) is 0 Å². The van der Waals surface area contributed by atoms with E-state index < -0.39 is 5.72 Å². The second kappa shape index (κ2) is 2.45. The molecule has 5 heteroatoms. The van der Waals surface area contributed by atoms with Gasteiger partial charge in [0.2, 0.25) is 5.96 Å². The summed E-state index contributed by atoms with van der Waals surface area (Å²) in [4.78, 5) is 0. The Kier molecular flexibility index (Phi) is 1.83. The topological polar surface area (TPSA) is 85.7 Å². The largest absolute Gasteiger partial charge is 0.369 e. The molecule has 1 rings (SSSR count). The van der Waals surface area contributed by atoms with Crippen molar-refractivity contribution in [3.05, 3.63) is 0 Å². The third-order valence-electron chi connectivity index (χ3n) is 2.36. The fraction of sp³-hybridized carbons (Fsp3) is 0.714. The normalized spacial score (nSPS) is 35.2. The molecule has 2 atom stereocenters. The molecule has 0 aromatic heterocycles. The number of nitrogens with zero attached hydrogens (tertiary/aromatic N) is 2. The van der Waals surface area contributed by atoms with E-state index in [0.29, 0.717) is 0 Å². The van der Waals surface area contributed by atoms with E-state index in [9.17, 15) is 5.11 Å². The van der Waals surface area contributed by atoms with Gasteiger partial charge in [0, 0.05) is 11.6 Å². The maximum absolute atomic E-state index is 9.85. The van der Waals surface area contributed by atoms with Gasteiger partial charge >= 0.3 is 0 Å². The van der Waals surface area contributed by atoms with Crippen molar-refractivity contribution in [1.29, 1.82) is 5.41 Å². The van der Waals surface area contributed by atoms with Crippen LogP contribution in [0.5, 0.6) is 0 Å². The molecule has 0 amide bonds. The van der Waals surface area contributed by atoms with Crippen LogP contribution in [0.2, 0.25) is 0 Å². The molecule has 68 valence electrons. The van der Waals surface area contributed by atoms with E-state index in [4.69, 9.17) is 11.1 Å². The minimum absolute atomic E-state index is 0.0959. The Labute approximate surface area is 71.4 Å². The number of nitrogens with one attached hydrogen (secondary N) is 1. The van der Waals surface area contributed by atoms with Crippen molar-refractivity contribution >= 4 is 11.7 Å². The van der Waals surface area contributed by atoms with Crippen molar-refractivity contribution in [2.75, 3.05) is 0 Å². The van der Waals surface area contributed by atoms with E-state index in [1.165, 1.54) is 0 Å². The van der Waals surface area contributed by atoms with E-state index in [1.807, 2.05) is 13.8 Å². The van der Waals surface area contributed by atoms with Gasteiger partial charge in [0.15, 0.2) is 5.72 Å². The summed E-state index contributed by atoms with van der Waals surface area (Å²) >= 11 is 0. The third kappa shape index (κ3) is 1.06. The van der Waals surface area contributed by atoms with Gasteiger partial charge in [0.1, 0.15) is 0 Å². The fourth-order valence-corrected chi connectivity index (χ4v) is 1.22. The molecule has 0 saturated heterocycles. The number of rotatable bonds is 0. The van der Waals surface area contributed by atoms with Crippen LogP contribution in [0.25, 0.3) is 0 Å². The second-order valence-corrected chi connectivity index (χ2v) is 3.25. The molecule has 5 nitrogen and oxygen atoms in total. The predicted molar refractivity (Wildman–Crippen MR) is 46.6 cm³/mol. The molecule has 0 spiro atoms. The number of hydrogen-bond acceptors (Lipinski definition) is 3. The Hall–Kier alpha value is -1.10. The van der Waals surface area contributed by atoms with Gasteiger partial charge in [-0.05, 0) is 13.8 Å². The van der Waals surface area contributed by atoms with Gasteiger partial charge in [-0.2, -0.15) is 5.10 Å². The van der Waals surface area contributed by atoms with Gasteiger partial charge in [-0.1, -0.05) is 6.92 Å². The van der Waals surface area contributed by atoms with Crippen LogP contribution in [0.1, 0.15) is 20.8 Å². The summed E-state index contributed by atoms with van der Waals surface area (Å²) < 4.78 is 0. The smallest absolute Gasteiger partial charge is 0.211 e. The minimum atomic E-state index is -1.16. The Bertz CT molecular complexity index is 246. The predicted octanol–water partition coefficient (Wildman–Crippen LogP) is -0.0840. The second-order valence-electron chi connectivity index (χ2n) is 3.25. The highest BCUT2D eigenvalue weighted by atomic mass is 16.3. The maximum atomic E-state index is 9.85. The zero-order chi connectivity index (χ0) is 9.52. The summed E-state index contributed by atoms with van der Waals surface area (Å²) in [5, 5.41) is 22.1. The van der Waals surface area contributed by atoms with E-state index in [0.717, 1.165) is 10.7 Å². The highest BCUT2D eigenvalue weighted by Gasteiger charge is 2.43. The Balaban J connectivity index is 2.99. The van der Waals surface area contributed by atoms with Gasteiger partial charge in [0.05, 0.1) is 0 Å². The molecular weight excluding hydrogens is 156 g/mol. The van der Waals surface area contributed by atoms with Gasteiger partial charge in [-0.15, -0.1) is 0 Å². The average molecular weight is 170 g/mol. The third-order valence-corrected chi connectivity index (χ3v) is 2.36. The summed E-state index contributed by atoms with van der Waals surface area (Å²) in [6, 6.07) is 0. The fourth-order valence-electron chi connectivity index (χ4n) is 1.22. The molecule has 4 N–H and O–H groups in total. The van der Waals surface area contributed by atoms with Crippen molar-refractivity contribution in [1.82, 2.24) is 5.01 Å². The van der Waals surface area contributed by atoms with Gasteiger partial charge < -0.3 is 10.8 Å². The molecule has 0 aliphatic carbocycles. The molecule has 1 aliphatic heterocycles. The van der Waals surface area contributed by atoms with Crippen LogP contribution < -0.4 is 5.73 Å². The first-order chi connectivity index (χ1) is 5.37. The van der Waals surface area contributed by atoms with Crippen LogP contribution in [0, 0.1) is 11.3 Å². The molecule has 0 radical (unpaired) electrons. The van der Waals surface area contributed by atoms with Crippen LogP contribution in [0.15, 0.2) is 5.10 Å². The van der Waals surface area contributed by atoms with Crippen molar-refractivity contribution in [3.8, 4) is 0 Å². The van der Waals surface area contributed by atoms with Crippen LogP contribution in [0.4, 0.5) is 0 Å². The van der Waals surface area contributed by atoms with Crippen molar-refractivity contribution in [2.24, 2.45) is 16.8 Å².